The Morgan fingerprint density at radius 1 is 1.08 bits per heavy atom. The maximum Gasteiger partial charge on any atom is 0.355 e. The van der Waals surface area contributed by atoms with Crippen LogP contribution in [-0.4, -0.2) is 43.2 Å². The highest BCUT2D eigenvalue weighted by molar-refractivity contribution is 5.83. The predicted molar refractivity (Wildman–Crippen MR) is 134 cm³/mol. The summed E-state index contributed by atoms with van der Waals surface area (Å²) in [6.07, 6.45) is -0.238. The second-order valence-electron chi connectivity index (χ2n) is 8.72. The highest BCUT2D eigenvalue weighted by atomic mass is 19.1. The predicted octanol–water partition coefficient (Wildman–Crippen LogP) is 2.02. The van der Waals surface area contributed by atoms with Crippen LogP contribution in [0, 0.1) is 12.7 Å². The molecule has 0 aliphatic heterocycles. The van der Waals surface area contributed by atoms with Crippen LogP contribution < -0.4 is 26.7 Å². The molecule has 0 bridgehead atoms. The van der Waals surface area contributed by atoms with Gasteiger partial charge in [0.25, 0.3) is 0 Å². The highest BCUT2D eigenvalue weighted by Crippen LogP contribution is 2.24. The molecular formula is C25H28FN5O6. The number of benzene rings is 2. The number of carboxylic acid groups (broad SMARTS) is 1. The van der Waals surface area contributed by atoms with Crippen LogP contribution in [0.5, 0.6) is 5.75 Å². The fraction of sp³-hybridized carbons (Fsp3) is 0.320. The van der Waals surface area contributed by atoms with Gasteiger partial charge in [0.05, 0.1) is 12.6 Å². The molecule has 0 radical (unpaired) electrons. The molecule has 0 saturated heterocycles. The van der Waals surface area contributed by atoms with Crippen LogP contribution in [0.4, 0.5) is 16.0 Å². The summed E-state index contributed by atoms with van der Waals surface area (Å²) < 4.78 is 21.6. The van der Waals surface area contributed by atoms with Crippen molar-refractivity contribution < 1.29 is 23.8 Å². The molecule has 1 heterocycles. The fourth-order valence-corrected chi connectivity index (χ4v) is 3.33. The number of rotatable bonds is 10. The second kappa shape index (κ2) is 11.5. The van der Waals surface area contributed by atoms with Gasteiger partial charge in [-0.2, -0.15) is 4.98 Å². The second-order valence-corrected chi connectivity index (χ2v) is 8.72. The number of aliphatic carboxylic acids is 1. The first kappa shape index (κ1) is 27.1. The lowest BCUT2D eigenvalue weighted by atomic mass is 10.1. The molecule has 0 fully saturated rings. The zero-order valence-corrected chi connectivity index (χ0v) is 20.8. The van der Waals surface area contributed by atoms with E-state index in [-0.39, 0.29) is 30.0 Å². The third-order valence-corrected chi connectivity index (χ3v) is 5.21. The van der Waals surface area contributed by atoms with E-state index in [1.165, 1.54) is 19.1 Å². The third kappa shape index (κ3) is 7.03. The van der Waals surface area contributed by atoms with Gasteiger partial charge in [0, 0.05) is 11.8 Å². The number of ether oxygens (including phenoxy) is 1. The molecule has 1 amide bonds. The standard InChI is InChI=1S/C25H28FN5O6/c1-14(2)37-20-10-9-18(11-19(20)26)28-23-29-24(35)31(13-21(32)27-16(4)22(33)34)25(36)30(23)12-17-7-5-15(3)6-8-17/h5-11,14,16H,12-13H2,1-4H3,(H,27,32)(H,33,34)(H,28,29,35). The minimum absolute atomic E-state index is 0.0150. The summed E-state index contributed by atoms with van der Waals surface area (Å²) in [6, 6.07) is 10.1. The Kier molecular flexibility index (Phi) is 8.43. The number of amides is 1. The van der Waals surface area contributed by atoms with Crippen molar-refractivity contribution in [1.82, 2.24) is 19.4 Å². The van der Waals surface area contributed by atoms with Gasteiger partial charge in [0.1, 0.15) is 12.6 Å². The number of carboxylic acids is 1. The molecule has 0 aliphatic carbocycles. The first-order valence-electron chi connectivity index (χ1n) is 11.5. The zero-order valence-electron chi connectivity index (χ0n) is 20.8. The maximum atomic E-state index is 14.5. The number of hydrogen-bond donors (Lipinski definition) is 3. The van der Waals surface area contributed by atoms with Crippen LogP contribution in [0.15, 0.2) is 52.1 Å². The van der Waals surface area contributed by atoms with E-state index < -0.39 is 41.7 Å². The van der Waals surface area contributed by atoms with E-state index in [0.29, 0.717) is 10.1 Å². The number of aromatic nitrogens is 3. The maximum absolute atomic E-state index is 14.5. The van der Waals surface area contributed by atoms with E-state index in [4.69, 9.17) is 9.84 Å². The number of nitrogens with zero attached hydrogens (tertiary/aromatic N) is 3. The van der Waals surface area contributed by atoms with Gasteiger partial charge in [-0.1, -0.05) is 29.8 Å². The molecule has 196 valence electrons. The first-order valence-corrected chi connectivity index (χ1v) is 11.5. The Morgan fingerprint density at radius 2 is 1.76 bits per heavy atom. The molecule has 0 saturated carbocycles. The van der Waals surface area contributed by atoms with Gasteiger partial charge in [-0.3, -0.25) is 14.2 Å². The molecule has 3 rings (SSSR count). The van der Waals surface area contributed by atoms with Crippen LogP contribution in [0.1, 0.15) is 31.9 Å². The molecule has 1 atom stereocenters. The molecule has 11 nitrogen and oxygen atoms in total. The number of nitrogens with one attached hydrogen (secondary N) is 2. The topological polar surface area (TPSA) is 145 Å². The smallest absolute Gasteiger partial charge is 0.355 e. The van der Waals surface area contributed by atoms with Crippen molar-refractivity contribution in [3.8, 4) is 5.75 Å². The number of carbonyl (C=O) groups is 2. The summed E-state index contributed by atoms with van der Waals surface area (Å²) in [7, 11) is 0. The monoisotopic (exact) mass is 513 g/mol. The Labute approximate surface area is 211 Å². The van der Waals surface area contributed by atoms with Crippen LogP contribution in [-0.2, 0) is 22.7 Å². The number of carbonyl (C=O) groups excluding carboxylic acids is 1. The van der Waals surface area contributed by atoms with Crippen molar-refractivity contribution in [3.63, 3.8) is 0 Å². The van der Waals surface area contributed by atoms with Gasteiger partial charge in [0.2, 0.25) is 11.9 Å². The Hall–Kier alpha value is -4.48. The van der Waals surface area contributed by atoms with Crippen molar-refractivity contribution in [2.75, 3.05) is 5.32 Å². The van der Waals surface area contributed by atoms with E-state index in [9.17, 15) is 23.6 Å². The zero-order chi connectivity index (χ0) is 27.3. The van der Waals surface area contributed by atoms with Gasteiger partial charge in [-0.15, -0.1) is 0 Å². The van der Waals surface area contributed by atoms with Crippen LogP contribution in [0.3, 0.4) is 0 Å². The molecule has 12 heteroatoms. The molecule has 3 aromatic rings. The molecule has 1 unspecified atom stereocenters. The van der Waals surface area contributed by atoms with Gasteiger partial charge >= 0.3 is 17.3 Å². The lowest BCUT2D eigenvalue weighted by molar-refractivity contribution is -0.141. The van der Waals surface area contributed by atoms with Crippen LogP contribution in [0.2, 0.25) is 0 Å². The highest BCUT2D eigenvalue weighted by Gasteiger charge is 2.19. The molecule has 1 aromatic heterocycles. The Morgan fingerprint density at radius 3 is 2.35 bits per heavy atom. The summed E-state index contributed by atoms with van der Waals surface area (Å²) in [5.74, 6) is -2.89. The largest absolute Gasteiger partial charge is 0.488 e. The van der Waals surface area contributed by atoms with Crippen molar-refractivity contribution >= 4 is 23.5 Å². The molecule has 37 heavy (non-hydrogen) atoms. The van der Waals surface area contributed by atoms with E-state index >= 15 is 0 Å². The van der Waals surface area contributed by atoms with Gasteiger partial charge in [0.15, 0.2) is 11.6 Å². The normalized spacial score (nSPS) is 11.7. The summed E-state index contributed by atoms with van der Waals surface area (Å²) in [4.78, 5) is 53.2. The SMILES string of the molecule is Cc1ccc(Cn2c(Nc3ccc(OC(C)C)c(F)c3)nc(=O)n(CC(=O)NC(C)C(=O)O)c2=O)cc1. The van der Waals surface area contributed by atoms with Gasteiger partial charge in [-0.25, -0.2) is 18.5 Å². The van der Waals surface area contributed by atoms with Crippen molar-refractivity contribution in [1.29, 1.82) is 0 Å². The molecule has 0 spiro atoms. The number of halogens is 1. The lowest BCUT2D eigenvalue weighted by Gasteiger charge is -2.17. The third-order valence-electron chi connectivity index (χ3n) is 5.21. The van der Waals surface area contributed by atoms with E-state index in [1.54, 1.807) is 26.0 Å². The summed E-state index contributed by atoms with van der Waals surface area (Å²) >= 11 is 0. The first-order chi connectivity index (χ1) is 17.4. The summed E-state index contributed by atoms with van der Waals surface area (Å²) in [6.45, 7) is 5.93. The minimum atomic E-state index is -1.27. The molecule has 2 aromatic carbocycles. The lowest BCUT2D eigenvalue weighted by Crippen LogP contribution is -2.47. The van der Waals surface area contributed by atoms with Crippen molar-refractivity contribution in [2.45, 2.75) is 52.9 Å². The van der Waals surface area contributed by atoms with Crippen molar-refractivity contribution in [3.05, 3.63) is 80.4 Å². The average molecular weight is 514 g/mol. The summed E-state index contributed by atoms with van der Waals surface area (Å²) in [5, 5.41) is 14.0. The Bertz CT molecular complexity index is 1410. The number of anilines is 2. The number of hydrogen-bond acceptors (Lipinski definition) is 7. The van der Waals surface area contributed by atoms with Crippen LogP contribution >= 0.6 is 0 Å². The van der Waals surface area contributed by atoms with E-state index in [1.807, 2.05) is 19.1 Å². The quantitative estimate of drug-likeness (QED) is 0.374. The molecule has 3 N–H and O–H groups in total. The minimum Gasteiger partial charge on any atom is -0.488 e. The van der Waals surface area contributed by atoms with Gasteiger partial charge in [-0.05, 0) is 45.4 Å². The fourth-order valence-electron chi connectivity index (χ4n) is 3.33. The van der Waals surface area contributed by atoms with Crippen molar-refractivity contribution in [2.24, 2.45) is 0 Å². The van der Waals surface area contributed by atoms with E-state index in [2.05, 4.69) is 15.6 Å². The molecular weight excluding hydrogens is 485 g/mol. The number of aryl methyl sites for hydroxylation is 1. The van der Waals surface area contributed by atoms with E-state index in [0.717, 1.165) is 16.2 Å². The average Bonchev–Trinajstić information content (AvgIpc) is 2.82. The summed E-state index contributed by atoms with van der Waals surface area (Å²) in [5.41, 5.74) is 0.0234. The van der Waals surface area contributed by atoms with Gasteiger partial charge < -0.3 is 20.5 Å². The molecule has 0 aliphatic rings. The van der Waals surface area contributed by atoms with Crippen LogP contribution in [0.25, 0.3) is 0 Å². The Balaban J connectivity index is 2.01.